The lowest BCUT2D eigenvalue weighted by Crippen LogP contribution is -2.53. The smallest absolute Gasteiger partial charge is 0.337 e. The summed E-state index contributed by atoms with van der Waals surface area (Å²) in [5.74, 6) is -2.51. The summed E-state index contributed by atoms with van der Waals surface area (Å²) < 4.78 is 0. The van der Waals surface area contributed by atoms with Crippen molar-refractivity contribution in [3.8, 4) is 0 Å². The van der Waals surface area contributed by atoms with Gasteiger partial charge in [0.2, 0.25) is 5.91 Å². The van der Waals surface area contributed by atoms with Gasteiger partial charge in [-0.05, 0) is 30.7 Å². The number of aliphatic hydroxyl groups is 1. The van der Waals surface area contributed by atoms with Crippen molar-refractivity contribution in [2.24, 2.45) is 0 Å². The maximum Gasteiger partial charge on any atom is 0.337 e. The summed E-state index contributed by atoms with van der Waals surface area (Å²) in [6, 6.07) is 10.9. The van der Waals surface area contributed by atoms with E-state index in [-0.39, 0.29) is 6.42 Å². The molecule has 2 atom stereocenters. The van der Waals surface area contributed by atoms with E-state index in [2.05, 4.69) is 15.6 Å². The first-order valence-electron chi connectivity index (χ1n) is 8.28. The number of amides is 2. The Hall–Kier alpha value is -3.26. The van der Waals surface area contributed by atoms with Crippen molar-refractivity contribution in [2.75, 3.05) is 6.54 Å². The highest BCUT2D eigenvalue weighted by molar-refractivity contribution is 5.97. The van der Waals surface area contributed by atoms with Gasteiger partial charge in [-0.1, -0.05) is 24.3 Å². The van der Waals surface area contributed by atoms with Crippen molar-refractivity contribution in [3.63, 3.8) is 0 Å². The first-order valence-corrected chi connectivity index (χ1v) is 8.28. The first-order chi connectivity index (χ1) is 12.8. The van der Waals surface area contributed by atoms with Crippen molar-refractivity contribution < 1.29 is 24.6 Å². The number of pyridine rings is 1. The van der Waals surface area contributed by atoms with E-state index >= 15 is 0 Å². The van der Waals surface area contributed by atoms with Crippen molar-refractivity contribution in [3.05, 3.63) is 66.0 Å². The maximum absolute atomic E-state index is 12.5. The Balaban J connectivity index is 2.12. The summed E-state index contributed by atoms with van der Waals surface area (Å²) in [6.07, 6.45) is 3.32. The third-order valence-corrected chi connectivity index (χ3v) is 3.89. The van der Waals surface area contributed by atoms with E-state index in [9.17, 15) is 19.5 Å². The van der Waals surface area contributed by atoms with Crippen LogP contribution in [0.1, 0.15) is 22.8 Å². The number of nitrogens with zero attached hydrogens (tertiary/aromatic N) is 1. The SMILES string of the molecule is CC(O)(CNC(=O)C(Cc1cccnc1)NC(=O)c1ccccc1)C(=O)O. The summed E-state index contributed by atoms with van der Waals surface area (Å²) >= 11 is 0. The van der Waals surface area contributed by atoms with Crippen LogP contribution in [-0.2, 0) is 16.0 Å². The van der Waals surface area contributed by atoms with Crippen LogP contribution < -0.4 is 10.6 Å². The fourth-order valence-electron chi connectivity index (χ4n) is 2.25. The molecule has 0 fully saturated rings. The zero-order valence-corrected chi connectivity index (χ0v) is 14.8. The van der Waals surface area contributed by atoms with Gasteiger partial charge >= 0.3 is 5.97 Å². The van der Waals surface area contributed by atoms with Gasteiger partial charge in [-0.25, -0.2) is 4.79 Å². The normalized spacial score (nSPS) is 13.9. The molecule has 2 amide bonds. The second-order valence-electron chi connectivity index (χ2n) is 6.25. The summed E-state index contributed by atoms with van der Waals surface area (Å²) in [6.45, 7) is 0.584. The standard InChI is InChI=1S/C19H21N3O5/c1-19(27,18(25)26)12-21-17(24)15(10-13-6-5-9-20-11-13)22-16(23)14-7-3-2-4-8-14/h2-9,11,15,27H,10,12H2,1H3,(H,21,24)(H,22,23)(H,25,26). The molecule has 1 aromatic heterocycles. The van der Waals surface area contributed by atoms with Crippen LogP contribution in [0.4, 0.5) is 0 Å². The number of aromatic nitrogens is 1. The number of nitrogens with one attached hydrogen (secondary N) is 2. The van der Waals surface area contributed by atoms with Gasteiger partial charge < -0.3 is 20.8 Å². The number of aliphatic carboxylic acids is 1. The second kappa shape index (κ2) is 8.91. The predicted octanol–water partition coefficient (Wildman–Crippen LogP) is 0.374. The van der Waals surface area contributed by atoms with Crippen molar-refractivity contribution in [2.45, 2.75) is 25.0 Å². The van der Waals surface area contributed by atoms with E-state index in [1.165, 1.54) is 0 Å². The summed E-state index contributed by atoms with van der Waals surface area (Å²) in [4.78, 5) is 39.9. The fraction of sp³-hybridized carbons (Fsp3) is 0.263. The molecule has 0 spiro atoms. The molecule has 27 heavy (non-hydrogen) atoms. The molecule has 1 heterocycles. The van der Waals surface area contributed by atoms with Crippen LogP contribution in [0.2, 0.25) is 0 Å². The molecule has 2 rings (SSSR count). The molecule has 1 aromatic carbocycles. The minimum atomic E-state index is -2.11. The Morgan fingerprint density at radius 3 is 2.44 bits per heavy atom. The molecule has 0 aliphatic carbocycles. The highest BCUT2D eigenvalue weighted by atomic mass is 16.4. The highest BCUT2D eigenvalue weighted by Crippen LogP contribution is 2.06. The quantitative estimate of drug-likeness (QED) is 0.531. The van der Waals surface area contributed by atoms with Crippen LogP contribution in [0, 0.1) is 0 Å². The van der Waals surface area contributed by atoms with E-state index < -0.39 is 36.0 Å². The zero-order chi connectivity index (χ0) is 19.9. The average molecular weight is 371 g/mol. The average Bonchev–Trinajstić information content (AvgIpc) is 2.67. The lowest BCUT2D eigenvalue weighted by molar-refractivity contribution is -0.156. The number of benzene rings is 1. The summed E-state index contributed by atoms with van der Waals surface area (Å²) in [5.41, 5.74) is -1.01. The Morgan fingerprint density at radius 1 is 1.15 bits per heavy atom. The van der Waals surface area contributed by atoms with Gasteiger partial charge in [-0.3, -0.25) is 14.6 Å². The van der Waals surface area contributed by atoms with Gasteiger partial charge in [0.15, 0.2) is 5.60 Å². The van der Waals surface area contributed by atoms with Crippen molar-refractivity contribution >= 4 is 17.8 Å². The van der Waals surface area contributed by atoms with Crippen LogP contribution in [0.15, 0.2) is 54.9 Å². The van der Waals surface area contributed by atoms with E-state index in [0.29, 0.717) is 5.56 Å². The van der Waals surface area contributed by atoms with Crippen LogP contribution >= 0.6 is 0 Å². The molecule has 8 nitrogen and oxygen atoms in total. The van der Waals surface area contributed by atoms with E-state index in [1.54, 1.807) is 54.9 Å². The Kier molecular flexibility index (Phi) is 6.62. The molecule has 8 heteroatoms. The molecule has 2 unspecified atom stereocenters. The number of rotatable bonds is 8. The molecule has 0 bridgehead atoms. The minimum Gasteiger partial charge on any atom is -0.479 e. The Bertz CT molecular complexity index is 794. The third-order valence-electron chi connectivity index (χ3n) is 3.89. The first kappa shape index (κ1) is 20.1. The van der Waals surface area contributed by atoms with Gasteiger partial charge in [0.25, 0.3) is 5.91 Å². The topological polar surface area (TPSA) is 129 Å². The lowest BCUT2D eigenvalue weighted by atomic mass is 10.0. The molecule has 0 aliphatic rings. The molecule has 0 radical (unpaired) electrons. The van der Waals surface area contributed by atoms with Crippen LogP contribution in [0.25, 0.3) is 0 Å². The van der Waals surface area contributed by atoms with Gasteiger partial charge in [0.05, 0.1) is 6.54 Å². The minimum absolute atomic E-state index is 0.160. The molecule has 4 N–H and O–H groups in total. The predicted molar refractivity (Wildman–Crippen MR) is 96.9 cm³/mol. The van der Waals surface area contributed by atoms with E-state index in [4.69, 9.17) is 5.11 Å². The zero-order valence-electron chi connectivity index (χ0n) is 14.8. The maximum atomic E-state index is 12.5. The van der Waals surface area contributed by atoms with Gasteiger partial charge in [0.1, 0.15) is 6.04 Å². The van der Waals surface area contributed by atoms with E-state index in [1.807, 2.05) is 0 Å². The largest absolute Gasteiger partial charge is 0.479 e. The number of carbonyl (C=O) groups is 3. The number of hydrogen-bond donors (Lipinski definition) is 4. The number of carboxylic acids is 1. The monoisotopic (exact) mass is 371 g/mol. The highest BCUT2D eigenvalue weighted by Gasteiger charge is 2.32. The van der Waals surface area contributed by atoms with Crippen LogP contribution in [-0.4, -0.2) is 51.2 Å². The Labute approximate surface area is 156 Å². The van der Waals surface area contributed by atoms with Crippen LogP contribution in [0.5, 0.6) is 0 Å². The van der Waals surface area contributed by atoms with E-state index in [0.717, 1.165) is 12.5 Å². The lowest BCUT2D eigenvalue weighted by Gasteiger charge is -2.22. The molecule has 0 saturated heterocycles. The Morgan fingerprint density at radius 2 is 1.85 bits per heavy atom. The molecule has 0 saturated carbocycles. The van der Waals surface area contributed by atoms with Gasteiger partial charge in [0, 0.05) is 24.4 Å². The molecule has 0 aliphatic heterocycles. The number of carboxylic acid groups (broad SMARTS) is 1. The third kappa shape index (κ3) is 5.89. The fourth-order valence-corrected chi connectivity index (χ4v) is 2.25. The molecular weight excluding hydrogens is 350 g/mol. The van der Waals surface area contributed by atoms with Gasteiger partial charge in [-0.15, -0.1) is 0 Å². The summed E-state index contributed by atoms with van der Waals surface area (Å²) in [7, 11) is 0. The molecular formula is C19H21N3O5. The number of hydrogen-bond acceptors (Lipinski definition) is 5. The van der Waals surface area contributed by atoms with Crippen LogP contribution in [0.3, 0.4) is 0 Å². The molecule has 142 valence electrons. The number of carbonyl (C=O) groups excluding carboxylic acids is 2. The van der Waals surface area contributed by atoms with Gasteiger partial charge in [-0.2, -0.15) is 0 Å². The molecule has 2 aromatic rings. The second-order valence-corrected chi connectivity index (χ2v) is 6.25. The van der Waals surface area contributed by atoms with Crippen molar-refractivity contribution in [1.29, 1.82) is 0 Å². The summed E-state index contributed by atoms with van der Waals surface area (Å²) in [5, 5.41) is 23.7. The van der Waals surface area contributed by atoms with Crippen molar-refractivity contribution in [1.82, 2.24) is 15.6 Å².